The number of aromatic nitrogens is 1. The van der Waals surface area contributed by atoms with Gasteiger partial charge in [-0.1, -0.05) is 5.57 Å². The minimum atomic E-state index is -0.166. The standard InChI is InChI=1S/C22H24N4O4/c1-15(2)11-21(27)24-17-4-6-20(23-13-17)25-7-9-26(10-8-25)22(28)16-3-5-18-19(12-16)30-14-29-18/h3-6,11-13H,7-10,14H2,1-2H3,(H,24,27). The summed E-state index contributed by atoms with van der Waals surface area (Å²) in [6.45, 7) is 6.52. The highest BCUT2D eigenvalue weighted by molar-refractivity contribution is 5.99. The first-order valence-electron chi connectivity index (χ1n) is 9.85. The Kier molecular flexibility index (Phi) is 5.56. The topological polar surface area (TPSA) is 84.0 Å². The highest BCUT2D eigenvalue weighted by atomic mass is 16.7. The summed E-state index contributed by atoms with van der Waals surface area (Å²) >= 11 is 0. The molecule has 1 saturated heterocycles. The minimum Gasteiger partial charge on any atom is -0.454 e. The van der Waals surface area contributed by atoms with Crippen LogP contribution in [0.25, 0.3) is 0 Å². The van der Waals surface area contributed by atoms with Gasteiger partial charge in [-0.3, -0.25) is 9.59 Å². The smallest absolute Gasteiger partial charge is 0.254 e. The molecule has 2 aromatic rings. The number of hydrogen-bond acceptors (Lipinski definition) is 6. The molecule has 2 aliphatic heterocycles. The van der Waals surface area contributed by atoms with Gasteiger partial charge in [-0.2, -0.15) is 0 Å². The van der Waals surface area contributed by atoms with Crippen molar-refractivity contribution in [1.29, 1.82) is 0 Å². The van der Waals surface area contributed by atoms with Crippen molar-refractivity contribution >= 4 is 23.3 Å². The predicted octanol–water partition coefficient (Wildman–Crippen LogP) is 2.68. The molecule has 1 aromatic heterocycles. The Morgan fingerprint density at radius 2 is 1.80 bits per heavy atom. The first-order valence-corrected chi connectivity index (χ1v) is 9.85. The number of nitrogens with zero attached hydrogens (tertiary/aromatic N) is 3. The van der Waals surface area contributed by atoms with Crippen LogP contribution in [-0.2, 0) is 4.79 Å². The second-order valence-corrected chi connectivity index (χ2v) is 7.46. The summed E-state index contributed by atoms with van der Waals surface area (Å²) in [6.07, 6.45) is 3.19. The predicted molar refractivity (Wildman–Crippen MR) is 113 cm³/mol. The maximum Gasteiger partial charge on any atom is 0.254 e. The number of allylic oxidation sites excluding steroid dienone is 1. The number of rotatable bonds is 4. The lowest BCUT2D eigenvalue weighted by atomic mass is 10.1. The quantitative estimate of drug-likeness (QED) is 0.783. The number of ether oxygens (including phenoxy) is 2. The Labute approximate surface area is 175 Å². The van der Waals surface area contributed by atoms with Crippen LogP contribution in [0.2, 0.25) is 0 Å². The number of amides is 2. The van der Waals surface area contributed by atoms with E-state index in [1.807, 2.05) is 30.9 Å². The van der Waals surface area contributed by atoms with Crippen molar-refractivity contribution in [3.8, 4) is 11.5 Å². The van der Waals surface area contributed by atoms with E-state index in [0.29, 0.717) is 48.9 Å². The Morgan fingerprint density at radius 1 is 1.03 bits per heavy atom. The van der Waals surface area contributed by atoms with Crippen LogP contribution in [0.4, 0.5) is 11.5 Å². The van der Waals surface area contributed by atoms with Crippen molar-refractivity contribution in [2.24, 2.45) is 0 Å². The van der Waals surface area contributed by atoms with E-state index in [1.54, 1.807) is 30.5 Å². The van der Waals surface area contributed by atoms with Gasteiger partial charge in [0.1, 0.15) is 5.82 Å². The van der Waals surface area contributed by atoms with Gasteiger partial charge >= 0.3 is 0 Å². The van der Waals surface area contributed by atoms with Crippen molar-refractivity contribution in [1.82, 2.24) is 9.88 Å². The highest BCUT2D eigenvalue weighted by Crippen LogP contribution is 2.33. The SMILES string of the molecule is CC(C)=CC(=O)Nc1ccc(N2CCN(C(=O)c3ccc4c(c3)OCO4)CC2)nc1. The van der Waals surface area contributed by atoms with Gasteiger partial charge in [0, 0.05) is 37.8 Å². The monoisotopic (exact) mass is 408 g/mol. The van der Waals surface area contributed by atoms with Crippen molar-refractivity contribution in [3.05, 3.63) is 53.7 Å². The van der Waals surface area contributed by atoms with Gasteiger partial charge in [0.2, 0.25) is 12.7 Å². The average Bonchev–Trinajstić information content (AvgIpc) is 3.21. The first-order chi connectivity index (χ1) is 14.5. The fourth-order valence-corrected chi connectivity index (χ4v) is 3.44. The summed E-state index contributed by atoms with van der Waals surface area (Å²) < 4.78 is 10.7. The van der Waals surface area contributed by atoms with Gasteiger partial charge in [0.15, 0.2) is 11.5 Å². The van der Waals surface area contributed by atoms with Crippen LogP contribution in [0, 0.1) is 0 Å². The summed E-state index contributed by atoms with van der Waals surface area (Å²) in [5, 5.41) is 2.79. The number of benzene rings is 1. The molecule has 0 unspecified atom stereocenters. The van der Waals surface area contributed by atoms with Crippen LogP contribution in [0.5, 0.6) is 11.5 Å². The van der Waals surface area contributed by atoms with E-state index >= 15 is 0 Å². The first kappa shape index (κ1) is 19.8. The van der Waals surface area contributed by atoms with Gasteiger partial charge < -0.3 is 24.6 Å². The van der Waals surface area contributed by atoms with Crippen LogP contribution in [0.3, 0.4) is 0 Å². The Bertz CT molecular complexity index is 975. The summed E-state index contributed by atoms with van der Waals surface area (Å²) in [5.41, 5.74) is 2.19. The summed E-state index contributed by atoms with van der Waals surface area (Å²) in [4.78, 5) is 33.1. The van der Waals surface area contributed by atoms with Crippen LogP contribution < -0.4 is 19.7 Å². The van der Waals surface area contributed by atoms with E-state index in [9.17, 15) is 9.59 Å². The lowest BCUT2D eigenvalue weighted by Gasteiger charge is -2.35. The molecular weight excluding hydrogens is 384 g/mol. The Balaban J connectivity index is 1.33. The molecule has 0 saturated carbocycles. The molecular formula is C22H24N4O4. The van der Waals surface area contributed by atoms with E-state index in [0.717, 1.165) is 11.4 Å². The Morgan fingerprint density at radius 3 is 2.50 bits per heavy atom. The van der Waals surface area contributed by atoms with Gasteiger partial charge in [-0.15, -0.1) is 0 Å². The number of fused-ring (bicyclic) bond motifs is 1. The average molecular weight is 408 g/mol. The van der Waals surface area contributed by atoms with Crippen LogP contribution in [-0.4, -0.2) is 54.7 Å². The number of carbonyl (C=O) groups is 2. The highest BCUT2D eigenvalue weighted by Gasteiger charge is 2.24. The molecule has 4 rings (SSSR count). The summed E-state index contributed by atoms with van der Waals surface area (Å²) in [7, 11) is 0. The fraction of sp³-hybridized carbons (Fsp3) is 0.318. The maximum atomic E-state index is 12.8. The molecule has 0 atom stereocenters. The molecule has 2 amide bonds. The zero-order valence-electron chi connectivity index (χ0n) is 17.1. The second-order valence-electron chi connectivity index (χ2n) is 7.46. The third-order valence-electron chi connectivity index (χ3n) is 4.95. The lowest BCUT2D eigenvalue weighted by Crippen LogP contribution is -2.49. The third kappa shape index (κ3) is 4.37. The molecule has 2 aliphatic rings. The van der Waals surface area contributed by atoms with E-state index in [4.69, 9.17) is 9.47 Å². The molecule has 0 aliphatic carbocycles. The molecule has 0 spiro atoms. The molecule has 8 heteroatoms. The number of piperazine rings is 1. The van der Waals surface area contributed by atoms with Crippen molar-refractivity contribution in [2.75, 3.05) is 43.2 Å². The van der Waals surface area contributed by atoms with Gasteiger partial charge in [-0.05, 0) is 44.2 Å². The Hall–Kier alpha value is -3.55. The second kappa shape index (κ2) is 8.44. The molecule has 1 N–H and O–H groups in total. The molecule has 30 heavy (non-hydrogen) atoms. The van der Waals surface area contributed by atoms with Crippen LogP contribution in [0.15, 0.2) is 48.2 Å². The maximum absolute atomic E-state index is 12.8. The molecule has 156 valence electrons. The zero-order valence-corrected chi connectivity index (χ0v) is 17.1. The number of anilines is 2. The van der Waals surface area contributed by atoms with Gasteiger partial charge in [0.25, 0.3) is 5.91 Å². The van der Waals surface area contributed by atoms with Crippen molar-refractivity contribution in [3.63, 3.8) is 0 Å². The lowest BCUT2D eigenvalue weighted by molar-refractivity contribution is -0.111. The van der Waals surface area contributed by atoms with Crippen molar-refractivity contribution in [2.45, 2.75) is 13.8 Å². The molecule has 0 bridgehead atoms. The number of nitrogens with one attached hydrogen (secondary N) is 1. The number of carbonyl (C=O) groups excluding carboxylic acids is 2. The molecule has 1 fully saturated rings. The van der Waals surface area contributed by atoms with E-state index in [1.165, 1.54) is 0 Å². The fourth-order valence-electron chi connectivity index (χ4n) is 3.44. The number of hydrogen-bond donors (Lipinski definition) is 1. The van der Waals surface area contributed by atoms with Crippen LogP contribution in [0.1, 0.15) is 24.2 Å². The summed E-state index contributed by atoms with van der Waals surface area (Å²) in [5.74, 6) is 1.92. The van der Waals surface area contributed by atoms with Gasteiger partial charge in [-0.25, -0.2) is 4.98 Å². The molecule has 8 nitrogen and oxygen atoms in total. The molecule has 3 heterocycles. The van der Waals surface area contributed by atoms with E-state index in [-0.39, 0.29) is 18.6 Å². The van der Waals surface area contributed by atoms with Gasteiger partial charge in [0.05, 0.1) is 11.9 Å². The van der Waals surface area contributed by atoms with Crippen LogP contribution >= 0.6 is 0 Å². The third-order valence-corrected chi connectivity index (χ3v) is 4.95. The summed E-state index contributed by atoms with van der Waals surface area (Å²) in [6, 6.07) is 9.00. The zero-order chi connectivity index (χ0) is 21.1. The molecule has 1 aromatic carbocycles. The minimum absolute atomic E-state index is 0.0155. The molecule has 0 radical (unpaired) electrons. The van der Waals surface area contributed by atoms with E-state index < -0.39 is 0 Å². The number of pyridine rings is 1. The normalized spacial score (nSPS) is 15.0. The van der Waals surface area contributed by atoms with E-state index in [2.05, 4.69) is 15.2 Å². The van der Waals surface area contributed by atoms with Crippen molar-refractivity contribution < 1.29 is 19.1 Å². The largest absolute Gasteiger partial charge is 0.454 e.